The Morgan fingerprint density at radius 2 is 1.74 bits per heavy atom. The Bertz CT molecular complexity index is 1340. The van der Waals surface area contributed by atoms with Gasteiger partial charge < -0.3 is 29.2 Å². The molecule has 35 heavy (non-hydrogen) atoms. The fourth-order valence-electron chi connectivity index (χ4n) is 4.43. The molecule has 1 aromatic heterocycles. The molecule has 1 atom stereocenters. The van der Waals surface area contributed by atoms with E-state index in [-0.39, 0.29) is 17.0 Å². The third-order valence-corrected chi connectivity index (χ3v) is 6.18. The number of nitrogens with two attached hydrogens (primary N) is 1. The van der Waals surface area contributed by atoms with Crippen LogP contribution in [0.15, 0.2) is 70.8 Å². The number of ether oxygens (including phenoxy) is 4. The molecular formula is C27H28N2O6. The molecule has 2 N–H and O–H groups in total. The molecule has 1 aliphatic rings. The second kappa shape index (κ2) is 9.97. The molecule has 0 saturated heterocycles. The van der Waals surface area contributed by atoms with Crippen LogP contribution in [0.2, 0.25) is 0 Å². The van der Waals surface area contributed by atoms with Gasteiger partial charge in [0.1, 0.15) is 11.3 Å². The molecule has 0 spiro atoms. The normalized spacial score (nSPS) is 14.7. The fraction of sp³-hybridized carbons (Fsp3) is 0.259. The standard InChI is InChI=1S/C27H28N2O6/c1-16-14-21-23(22(18-8-6-5-7-9-18)24(25(28)35-21)27(31)34-4)26(30)29(16)13-12-17-10-11-19(32-2)20(15-17)33-3/h5-11,14-15,22H,12-13,28H2,1-4H3. The minimum Gasteiger partial charge on any atom is -0.493 e. The first kappa shape index (κ1) is 23.9. The second-order valence-electron chi connectivity index (χ2n) is 8.18. The van der Waals surface area contributed by atoms with Gasteiger partial charge in [0.15, 0.2) is 11.5 Å². The van der Waals surface area contributed by atoms with Gasteiger partial charge in [-0.25, -0.2) is 4.79 Å². The van der Waals surface area contributed by atoms with E-state index in [4.69, 9.17) is 24.7 Å². The summed E-state index contributed by atoms with van der Waals surface area (Å²) in [5.41, 5.74) is 8.81. The molecular weight excluding hydrogens is 448 g/mol. The molecule has 1 unspecified atom stereocenters. The number of rotatable bonds is 7. The lowest BCUT2D eigenvalue weighted by molar-refractivity contribution is -0.136. The molecule has 0 fully saturated rings. The number of hydrogen-bond donors (Lipinski definition) is 1. The lowest BCUT2D eigenvalue weighted by Gasteiger charge is -2.29. The Balaban J connectivity index is 1.78. The van der Waals surface area contributed by atoms with E-state index in [0.29, 0.717) is 35.8 Å². The van der Waals surface area contributed by atoms with E-state index in [1.54, 1.807) is 24.9 Å². The first-order chi connectivity index (χ1) is 16.9. The summed E-state index contributed by atoms with van der Waals surface area (Å²) in [6.07, 6.45) is 0.582. The van der Waals surface area contributed by atoms with Crippen LogP contribution in [-0.2, 0) is 22.5 Å². The van der Waals surface area contributed by atoms with Crippen LogP contribution in [0.4, 0.5) is 0 Å². The molecule has 2 aromatic carbocycles. The maximum atomic E-state index is 13.8. The largest absolute Gasteiger partial charge is 0.493 e. The van der Waals surface area contributed by atoms with Crippen LogP contribution in [0.5, 0.6) is 17.2 Å². The van der Waals surface area contributed by atoms with Crippen molar-refractivity contribution < 1.29 is 23.7 Å². The Morgan fingerprint density at radius 1 is 1.03 bits per heavy atom. The van der Waals surface area contributed by atoms with Crippen molar-refractivity contribution in [3.8, 4) is 17.2 Å². The highest BCUT2D eigenvalue weighted by atomic mass is 16.5. The monoisotopic (exact) mass is 476 g/mol. The summed E-state index contributed by atoms with van der Waals surface area (Å²) in [5.74, 6) is 0.182. The van der Waals surface area contributed by atoms with Crippen LogP contribution in [0.3, 0.4) is 0 Å². The van der Waals surface area contributed by atoms with Gasteiger partial charge in [0, 0.05) is 18.3 Å². The Morgan fingerprint density at radius 3 is 2.40 bits per heavy atom. The number of esters is 1. The SMILES string of the molecule is COC(=O)C1=C(N)Oc2cc(C)n(CCc3ccc(OC)c(OC)c3)c(=O)c2C1c1ccccc1. The van der Waals surface area contributed by atoms with Gasteiger partial charge in [-0.3, -0.25) is 4.79 Å². The number of nitrogens with zero attached hydrogens (tertiary/aromatic N) is 1. The number of hydrogen-bond acceptors (Lipinski definition) is 7. The van der Waals surface area contributed by atoms with Crippen LogP contribution in [0.25, 0.3) is 0 Å². The highest BCUT2D eigenvalue weighted by molar-refractivity contribution is 5.92. The molecule has 3 aromatic rings. The molecule has 8 nitrogen and oxygen atoms in total. The Kier molecular flexibility index (Phi) is 6.82. The predicted octanol–water partition coefficient (Wildman–Crippen LogP) is 3.28. The van der Waals surface area contributed by atoms with Gasteiger partial charge in [-0.15, -0.1) is 0 Å². The number of benzene rings is 2. The van der Waals surface area contributed by atoms with Crippen LogP contribution in [-0.4, -0.2) is 31.9 Å². The summed E-state index contributed by atoms with van der Waals surface area (Å²) >= 11 is 0. The molecule has 0 radical (unpaired) electrons. The number of methoxy groups -OCH3 is 3. The van der Waals surface area contributed by atoms with Gasteiger partial charge in [0.2, 0.25) is 5.88 Å². The first-order valence-corrected chi connectivity index (χ1v) is 11.2. The molecule has 4 rings (SSSR count). The minimum absolute atomic E-state index is 0.0694. The summed E-state index contributed by atoms with van der Waals surface area (Å²) in [7, 11) is 4.45. The number of carbonyl (C=O) groups excluding carboxylic acids is 1. The van der Waals surface area contributed by atoms with Crippen molar-refractivity contribution in [2.24, 2.45) is 5.73 Å². The maximum absolute atomic E-state index is 13.8. The predicted molar refractivity (Wildman–Crippen MR) is 131 cm³/mol. The molecule has 0 bridgehead atoms. The van der Waals surface area contributed by atoms with E-state index in [1.807, 2.05) is 55.5 Å². The Labute approximate surface area is 203 Å². The first-order valence-electron chi connectivity index (χ1n) is 11.2. The third kappa shape index (κ3) is 4.47. The van der Waals surface area contributed by atoms with Crippen molar-refractivity contribution in [1.29, 1.82) is 0 Å². The molecule has 2 heterocycles. The number of fused-ring (bicyclic) bond motifs is 1. The average molecular weight is 477 g/mol. The average Bonchev–Trinajstić information content (AvgIpc) is 2.87. The van der Waals surface area contributed by atoms with Gasteiger partial charge in [-0.1, -0.05) is 36.4 Å². The zero-order valence-corrected chi connectivity index (χ0v) is 20.2. The van der Waals surface area contributed by atoms with Gasteiger partial charge in [-0.05, 0) is 36.6 Å². The lowest BCUT2D eigenvalue weighted by Crippen LogP contribution is -2.35. The van der Waals surface area contributed by atoms with E-state index in [2.05, 4.69) is 0 Å². The summed E-state index contributed by atoms with van der Waals surface area (Å²) in [5, 5.41) is 0. The lowest BCUT2D eigenvalue weighted by atomic mass is 9.83. The van der Waals surface area contributed by atoms with Crippen molar-refractivity contribution in [3.05, 3.63) is 98.8 Å². The van der Waals surface area contributed by atoms with Crippen molar-refractivity contribution >= 4 is 5.97 Å². The van der Waals surface area contributed by atoms with Gasteiger partial charge >= 0.3 is 5.97 Å². The quantitative estimate of drug-likeness (QED) is 0.522. The van der Waals surface area contributed by atoms with Crippen molar-refractivity contribution in [2.45, 2.75) is 25.8 Å². The number of pyridine rings is 1. The number of carbonyl (C=O) groups is 1. The fourth-order valence-corrected chi connectivity index (χ4v) is 4.43. The molecule has 1 aliphatic heterocycles. The van der Waals surface area contributed by atoms with Gasteiger partial charge in [-0.2, -0.15) is 0 Å². The van der Waals surface area contributed by atoms with E-state index in [9.17, 15) is 9.59 Å². The van der Waals surface area contributed by atoms with Crippen LogP contribution in [0, 0.1) is 6.92 Å². The smallest absolute Gasteiger partial charge is 0.340 e. The van der Waals surface area contributed by atoms with E-state index in [1.165, 1.54) is 7.11 Å². The molecule has 0 amide bonds. The molecule has 0 aliphatic carbocycles. The van der Waals surface area contributed by atoms with Crippen molar-refractivity contribution in [2.75, 3.05) is 21.3 Å². The van der Waals surface area contributed by atoms with Gasteiger partial charge in [0.25, 0.3) is 5.56 Å². The van der Waals surface area contributed by atoms with Crippen LogP contribution in [0.1, 0.15) is 28.3 Å². The van der Waals surface area contributed by atoms with E-state index >= 15 is 0 Å². The highest BCUT2D eigenvalue weighted by Gasteiger charge is 2.38. The summed E-state index contributed by atoms with van der Waals surface area (Å²) in [6.45, 7) is 2.26. The Hall–Kier alpha value is -4.20. The van der Waals surface area contributed by atoms with E-state index in [0.717, 1.165) is 16.8 Å². The molecule has 8 heteroatoms. The molecule has 182 valence electrons. The maximum Gasteiger partial charge on any atom is 0.340 e. The summed E-state index contributed by atoms with van der Waals surface area (Å²) < 4.78 is 23.1. The van der Waals surface area contributed by atoms with Crippen LogP contribution >= 0.6 is 0 Å². The second-order valence-corrected chi connectivity index (χ2v) is 8.18. The van der Waals surface area contributed by atoms with Crippen LogP contribution < -0.4 is 25.5 Å². The summed E-state index contributed by atoms with van der Waals surface area (Å²) in [4.78, 5) is 26.5. The topological polar surface area (TPSA) is 102 Å². The number of aromatic nitrogens is 1. The summed E-state index contributed by atoms with van der Waals surface area (Å²) in [6, 6.07) is 16.7. The zero-order chi connectivity index (χ0) is 25.1. The number of aryl methyl sites for hydroxylation is 2. The minimum atomic E-state index is -0.715. The highest BCUT2D eigenvalue weighted by Crippen LogP contribution is 2.41. The zero-order valence-electron chi connectivity index (χ0n) is 20.2. The van der Waals surface area contributed by atoms with Crippen molar-refractivity contribution in [1.82, 2.24) is 4.57 Å². The van der Waals surface area contributed by atoms with Gasteiger partial charge in [0.05, 0.1) is 32.8 Å². The molecule has 0 saturated carbocycles. The van der Waals surface area contributed by atoms with Crippen molar-refractivity contribution in [3.63, 3.8) is 0 Å². The van der Waals surface area contributed by atoms with E-state index < -0.39 is 11.9 Å². The third-order valence-electron chi connectivity index (χ3n) is 6.18.